The molecule has 1 aliphatic heterocycles. The van der Waals surface area contributed by atoms with E-state index in [4.69, 9.17) is 28.9 Å². The fraction of sp³-hybridized carbons (Fsp3) is 0.350. The number of carbonyl (C=O) groups excluding carboxylic acids is 1. The van der Waals surface area contributed by atoms with Crippen LogP contribution >= 0.6 is 23.2 Å². The summed E-state index contributed by atoms with van der Waals surface area (Å²) in [4.78, 5) is 16.6. The highest BCUT2D eigenvalue weighted by atomic mass is 35.5. The third-order valence-electron chi connectivity index (χ3n) is 5.02. The summed E-state index contributed by atoms with van der Waals surface area (Å²) in [6.45, 7) is 3.23. The van der Waals surface area contributed by atoms with E-state index < -0.39 is 11.7 Å². The number of amides is 1. The minimum atomic E-state index is -4.42. The Balaban J connectivity index is 1.79. The van der Waals surface area contributed by atoms with Gasteiger partial charge in [0.25, 0.3) is 5.91 Å². The van der Waals surface area contributed by atoms with Gasteiger partial charge in [-0.25, -0.2) is 0 Å². The van der Waals surface area contributed by atoms with Gasteiger partial charge in [-0.05, 0) is 48.9 Å². The molecule has 0 aromatic heterocycles. The van der Waals surface area contributed by atoms with Gasteiger partial charge in [0, 0.05) is 42.9 Å². The number of hydrogen-bond donors (Lipinski definition) is 1. The monoisotopic (exact) mass is 445 g/mol. The second-order valence-corrected chi connectivity index (χ2v) is 7.81. The zero-order valence-corrected chi connectivity index (χ0v) is 17.2. The predicted octanol–water partition coefficient (Wildman–Crippen LogP) is 4.82. The summed E-state index contributed by atoms with van der Waals surface area (Å²) in [6.07, 6.45) is -4.42. The molecule has 1 atom stereocenters. The Kier molecular flexibility index (Phi) is 6.31. The van der Waals surface area contributed by atoms with Crippen molar-refractivity contribution in [3.63, 3.8) is 0 Å². The van der Waals surface area contributed by atoms with Gasteiger partial charge in [0.2, 0.25) is 0 Å². The normalized spacial score (nSPS) is 17.6. The summed E-state index contributed by atoms with van der Waals surface area (Å²) >= 11 is 12.1. The maximum atomic E-state index is 13.0. The molecule has 1 saturated heterocycles. The van der Waals surface area contributed by atoms with Crippen LogP contribution in [0.4, 0.5) is 18.9 Å². The first kappa shape index (κ1) is 21.7. The maximum absolute atomic E-state index is 13.0. The van der Waals surface area contributed by atoms with E-state index in [9.17, 15) is 18.0 Å². The zero-order chi connectivity index (χ0) is 21.3. The van der Waals surface area contributed by atoms with E-state index in [1.54, 1.807) is 17.0 Å². The Bertz CT molecular complexity index is 920. The van der Waals surface area contributed by atoms with E-state index in [0.29, 0.717) is 41.5 Å². The van der Waals surface area contributed by atoms with Gasteiger partial charge in [0.1, 0.15) is 0 Å². The van der Waals surface area contributed by atoms with Gasteiger partial charge in [0.15, 0.2) is 0 Å². The van der Waals surface area contributed by atoms with Crippen LogP contribution in [0.5, 0.6) is 0 Å². The summed E-state index contributed by atoms with van der Waals surface area (Å²) in [5.74, 6) is -0.203. The molecule has 2 N–H and O–H groups in total. The van der Waals surface area contributed by atoms with Crippen molar-refractivity contribution in [2.45, 2.75) is 25.7 Å². The molecule has 0 saturated carbocycles. The maximum Gasteiger partial charge on any atom is 0.416 e. The molecule has 1 unspecified atom stereocenters. The summed E-state index contributed by atoms with van der Waals surface area (Å²) in [6, 6.07) is 8.15. The molecule has 1 amide bonds. The standard InChI is InChI=1S/C20H20Cl2F3N3O/c1-12-11-27(18-5-2-14(20(23,24)25)8-13(18)10-26)6-7-28(12)19(29)16-4-3-15(21)9-17(16)22/h2-5,8-9,12H,6-7,10-11,26H2,1H3. The van der Waals surface area contributed by atoms with Crippen LogP contribution in [0.15, 0.2) is 36.4 Å². The van der Waals surface area contributed by atoms with Gasteiger partial charge >= 0.3 is 6.18 Å². The first-order valence-corrected chi connectivity index (χ1v) is 9.78. The average molecular weight is 446 g/mol. The number of rotatable bonds is 3. The minimum absolute atomic E-state index is 0.00678. The number of benzene rings is 2. The molecule has 1 heterocycles. The van der Waals surface area contributed by atoms with Crippen molar-refractivity contribution in [3.8, 4) is 0 Å². The number of hydrogen-bond acceptors (Lipinski definition) is 3. The van der Waals surface area contributed by atoms with Crippen molar-refractivity contribution in [2.75, 3.05) is 24.5 Å². The fourth-order valence-electron chi connectivity index (χ4n) is 3.53. The highest BCUT2D eigenvalue weighted by molar-refractivity contribution is 6.36. The molecule has 29 heavy (non-hydrogen) atoms. The van der Waals surface area contributed by atoms with Gasteiger partial charge in [-0.2, -0.15) is 13.2 Å². The molecule has 0 radical (unpaired) electrons. The van der Waals surface area contributed by atoms with Gasteiger partial charge in [-0.3, -0.25) is 4.79 Å². The molecule has 9 heteroatoms. The Hall–Kier alpha value is -1.96. The Morgan fingerprint density at radius 2 is 1.90 bits per heavy atom. The number of anilines is 1. The van der Waals surface area contributed by atoms with E-state index in [1.807, 2.05) is 11.8 Å². The first-order valence-electron chi connectivity index (χ1n) is 9.03. The van der Waals surface area contributed by atoms with Crippen molar-refractivity contribution in [2.24, 2.45) is 5.73 Å². The van der Waals surface area contributed by atoms with Crippen LogP contribution in [0.25, 0.3) is 0 Å². The molecule has 1 aliphatic rings. The molecule has 0 aliphatic carbocycles. The van der Waals surface area contributed by atoms with E-state index in [2.05, 4.69) is 0 Å². The van der Waals surface area contributed by atoms with Crippen molar-refractivity contribution >= 4 is 34.8 Å². The summed E-state index contributed by atoms with van der Waals surface area (Å²) in [5, 5.41) is 0.728. The van der Waals surface area contributed by atoms with E-state index >= 15 is 0 Å². The number of piperazine rings is 1. The van der Waals surface area contributed by atoms with Crippen LogP contribution in [-0.4, -0.2) is 36.5 Å². The van der Waals surface area contributed by atoms with Crippen LogP contribution in [0.2, 0.25) is 10.0 Å². The van der Waals surface area contributed by atoms with Crippen LogP contribution in [-0.2, 0) is 12.7 Å². The molecule has 3 rings (SSSR count). The minimum Gasteiger partial charge on any atom is -0.367 e. The van der Waals surface area contributed by atoms with E-state index in [0.717, 1.165) is 12.1 Å². The number of halogens is 5. The smallest absolute Gasteiger partial charge is 0.367 e. The topological polar surface area (TPSA) is 49.6 Å². The van der Waals surface area contributed by atoms with E-state index in [-0.39, 0.29) is 23.5 Å². The van der Waals surface area contributed by atoms with Gasteiger partial charge in [0.05, 0.1) is 16.1 Å². The van der Waals surface area contributed by atoms with Crippen molar-refractivity contribution < 1.29 is 18.0 Å². The van der Waals surface area contributed by atoms with E-state index in [1.165, 1.54) is 12.1 Å². The lowest BCUT2D eigenvalue weighted by atomic mass is 10.0. The number of nitrogens with two attached hydrogens (primary N) is 1. The van der Waals surface area contributed by atoms with Crippen molar-refractivity contribution in [1.29, 1.82) is 0 Å². The van der Waals surface area contributed by atoms with Crippen LogP contribution in [0.1, 0.15) is 28.4 Å². The summed E-state index contributed by atoms with van der Waals surface area (Å²) < 4.78 is 38.9. The second-order valence-electron chi connectivity index (χ2n) is 6.96. The largest absolute Gasteiger partial charge is 0.416 e. The number of nitrogens with zero attached hydrogens (tertiary/aromatic N) is 2. The van der Waals surface area contributed by atoms with Gasteiger partial charge < -0.3 is 15.5 Å². The molecule has 1 fully saturated rings. The third kappa shape index (κ3) is 4.63. The van der Waals surface area contributed by atoms with Crippen LogP contribution in [0.3, 0.4) is 0 Å². The summed E-state index contributed by atoms with van der Waals surface area (Å²) in [7, 11) is 0. The quantitative estimate of drug-likeness (QED) is 0.736. The molecule has 0 spiro atoms. The Morgan fingerprint density at radius 1 is 1.17 bits per heavy atom. The molecular weight excluding hydrogens is 426 g/mol. The van der Waals surface area contributed by atoms with Gasteiger partial charge in [-0.15, -0.1) is 0 Å². The van der Waals surface area contributed by atoms with Crippen LogP contribution < -0.4 is 10.6 Å². The lowest BCUT2D eigenvalue weighted by Gasteiger charge is -2.41. The molecular formula is C20H20Cl2F3N3O. The lowest BCUT2D eigenvalue weighted by Crippen LogP contribution is -2.54. The fourth-order valence-corrected chi connectivity index (χ4v) is 4.02. The van der Waals surface area contributed by atoms with Crippen molar-refractivity contribution in [3.05, 3.63) is 63.1 Å². The lowest BCUT2D eigenvalue weighted by molar-refractivity contribution is -0.137. The molecule has 4 nitrogen and oxygen atoms in total. The van der Waals surface area contributed by atoms with Crippen molar-refractivity contribution in [1.82, 2.24) is 4.90 Å². The first-order chi connectivity index (χ1) is 13.6. The average Bonchev–Trinajstić information content (AvgIpc) is 2.66. The van der Waals surface area contributed by atoms with Gasteiger partial charge in [-0.1, -0.05) is 23.2 Å². The zero-order valence-electron chi connectivity index (χ0n) is 15.6. The third-order valence-corrected chi connectivity index (χ3v) is 5.57. The number of carbonyl (C=O) groups is 1. The predicted molar refractivity (Wildman–Crippen MR) is 109 cm³/mol. The van der Waals surface area contributed by atoms with Crippen LogP contribution in [0, 0.1) is 0 Å². The Morgan fingerprint density at radius 3 is 2.48 bits per heavy atom. The molecule has 2 aromatic rings. The molecule has 0 bridgehead atoms. The molecule has 156 valence electrons. The second kappa shape index (κ2) is 8.42. The Labute approximate surface area is 177 Å². The SMILES string of the molecule is CC1CN(c2ccc(C(F)(F)F)cc2CN)CCN1C(=O)c1ccc(Cl)cc1Cl. The highest BCUT2D eigenvalue weighted by Crippen LogP contribution is 2.34. The molecule has 2 aromatic carbocycles. The highest BCUT2D eigenvalue weighted by Gasteiger charge is 2.33. The number of alkyl halides is 3. The summed E-state index contributed by atoms with van der Waals surface area (Å²) in [5.41, 5.74) is 6.43.